The molecule has 0 saturated heterocycles. The first-order valence-electron chi connectivity index (χ1n) is 6.27. The summed E-state index contributed by atoms with van der Waals surface area (Å²) in [4.78, 5) is 0. The van der Waals surface area contributed by atoms with Crippen LogP contribution >= 0.6 is 11.8 Å². The fraction of sp³-hybridized carbons (Fsp3) is 0.750. The van der Waals surface area contributed by atoms with Crippen molar-refractivity contribution in [3.8, 4) is 0 Å². The number of hydrogen-bond acceptors (Lipinski definition) is 4. The molecule has 0 aliphatic carbocycles. The molecule has 4 nitrogen and oxygen atoms in total. The van der Waals surface area contributed by atoms with Gasteiger partial charge < -0.3 is 11.1 Å². The minimum absolute atomic E-state index is 0.411. The summed E-state index contributed by atoms with van der Waals surface area (Å²) in [5, 5.41) is 7.93. The van der Waals surface area contributed by atoms with E-state index in [1.165, 1.54) is 0 Å². The largest absolute Gasteiger partial charge is 0.394 e. The van der Waals surface area contributed by atoms with E-state index in [1.807, 2.05) is 23.4 Å². The molecule has 5 heteroatoms. The van der Waals surface area contributed by atoms with Crippen LogP contribution in [0.3, 0.4) is 0 Å². The lowest BCUT2D eigenvalue weighted by atomic mass is 10.3. The fourth-order valence-electron chi connectivity index (χ4n) is 1.69. The van der Waals surface area contributed by atoms with Gasteiger partial charge in [-0.15, -0.1) is 0 Å². The van der Waals surface area contributed by atoms with E-state index in [2.05, 4.69) is 31.2 Å². The van der Waals surface area contributed by atoms with Crippen LogP contribution in [-0.2, 0) is 6.54 Å². The summed E-state index contributed by atoms with van der Waals surface area (Å²) in [5.41, 5.74) is 7.76. The Morgan fingerprint density at radius 2 is 2.18 bits per heavy atom. The summed E-state index contributed by atoms with van der Waals surface area (Å²) in [5.74, 6) is 3.22. The maximum Gasteiger partial charge on any atom is 0.148 e. The normalized spacial score (nSPS) is 12.7. The molecular weight excluding hydrogens is 232 g/mol. The Bertz CT molecular complexity index is 349. The second-order valence-electron chi connectivity index (χ2n) is 4.28. The number of aryl methyl sites for hydroxylation is 2. The molecule has 0 spiro atoms. The van der Waals surface area contributed by atoms with Crippen molar-refractivity contribution in [2.24, 2.45) is 0 Å². The number of rotatable bonds is 7. The second-order valence-corrected chi connectivity index (χ2v) is 5.59. The summed E-state index contributed by atoms with van der Waals surface area (Å²) >= 11 is 1.93. The lowest BCUT2D eigenvalue weighted by Crippen LogP contribution is -2.21. The molecule has 0 saturated carbocycles. The molecule has 0 fully saturated rings. The quantitative estimate of drug-likeness (QED) is 0.787. The first kappa shape index (κ1) is 14.2. The Morgan fingerprint density at radius 1 is 1.47 bits per heavy atom. The Kier molecular flexibility index (Phi) is 5.68. The van der Waals surface area contributed by atoms with Crippen LogP contribution in [0.5, 0.6) is 0 Å². The van der Waals surface area contributed by atoms with Crippen molar-refractivity contribution >= 4 is 23.3 Å². The van der Waals surface area contributed by atoms with E-state index in [0.717, 1.165) is 41.7 Å². The maximum absolute atomic E-state index is 6.06. The number of aromatic nitrogens is 2. The molecule has 1 aromatic heterocycles. The molecule has 1 heterocycles. The van der Waals surface area contributed by atoms with Crippen molar-refractivity contribution in [1.29, 1.82) is 0 Å². The van der Waals surface area contributed by atoms with E-state index in [-0.39, 0.29) is 0 Å². The number of nitrogen functional groups attached to an aromatic ring is 1. The van der Waals surface area contributed by atoms with Gasteiger partial charge in [-0.1, -0.05) is 13.8 Å². The zero-order chi connectivity index (χ0) is 12.8. The highest BCUT2D eigenvalue weighted by Gasteiger charge is 2.13. The van der Waals surface area contributed by atoms with E-state index in [1.54, 1.807) is 0 Å². The van der Waals surface area contributed by atoms with Crippen molar-refractivity contribution in [3.63, 3.8) is 0 Å². The first-order valence-corrected chi connectivity index (χ1v) is 7.42. The third-order valence-electron chi connectivity index (χ3n) is 2.56. The van der Waals surface area contributed by atoms with Crippen molar-refractivity contribution in [3.05, 3.63) is 5.69 Å². The molecule has 0 bridgehead atoms. The molecule has 17 heavy (non-hydrogen) atoms. The molecular formula is C12H24N4S. The highest BCUT2D eigenvalue weighted by Crippen LogP contribution is 2.23. The van der Waals surface area contributed by atoms with Crippen molar-refractivity contribution in [2.45, 2.75) is 46.7 Å². The lowest BCUT2D eigenvalue weighted by Gasteiger charge is -2.16. The predicted molar refractivity (Wildman–Crippen MR) is 77.8 cm³/mol. The Hall–Kier alpha value is -0.840. The smallest absolute Gasteiger partial charge is 0.148 e. The third-order valence-corrected chi connectivity index (χ3v) is 3.71. The van der Waals surface area contributed by atoms with Crippen molar-refractivity contribution < 1.29 is 0 Å². The monoisotopic (exact) mass is 256 g/mol. The van der Waals surface area contributed by atoms with Crippen molar-refractivity contribution in [2.75, 3.05) is 22.6 Å². The van der Waals surface area contributed by atoms with Crippen LogP contribution in [0, 0.1) is 6.92 Å². The molecule has 0 aliphatic rings. The van der Waals surface area contributed by atoms with Gasteiger partial charge in [0.15, 0.2) is 0 Å². The number of nitrogens with zero attached hydrogens (tertiary/aromatic N) is 2. The molecule has 0 aliphatic heterocycles. The summed E-state index contributed by atoms with van der Waals surface area (Å²) in [6.07, 6.45) is 1.06. The van der Waals surface area contributed by atoms with Crippen LogP contribution in [0.2, 0.25) is 0 Å². The minimum atomic E-state index is 0.411. The third kappa shape index (κ3) is 3.84. The molecule has 1 rings (SSSR count). The van der Waals surface area contributed by atoms with Gasteiger partial charge in [-0.2, -0.15) is 16.9 Å². The molecule has 1 atom stereocenters. The van der Waals surface area contributed by atoms with E-state index < -0.39 is 0 Å². The Balaban J connectivity index is 2.74. The first-order chi connectivity index (χ1) is 8.10. The van der Waals surface area contributed by atoms with Gasteiger partial charge in [0.05, 0.1) is 11.4 Å². The average Bonchev–Trinajstić information content (AvgIpc) is 2.55. The summed E-state index contributed by atoms with van der Waals surface area (Å²) in [7, 11) is 0. The topological polar surface area (TPSA) is 55.9 Å². The Labute approximate surface area is 108 Å². The van der Waals surface area contributed by atoms with Crippen molar-refractivity contribution in [1.82, 2.24) is 9.78 Å². The zero-order valence-corrected chi connectivity index (χ0v) is 12.1. The SMILES string of the molecule is CCCn1nc(C)c(N)c1NC(C)CSCC. The van der Waals surface area contributed by atoms with Gasteiger partial charge in [-0.05, 0) is 26.0 Å². The van der Waals surface area contributed by atoms with Crippen LogP contribution in [0.1, 0.15) is 32.9 Å². The van der Waals surface area contributed by atoms with Gasteiger partial charge in [0.2, 0.25) is 0 Å². The minimum Gasteiger partial charge on any atom is -0.394 e. The second kappa shape index (κ2) is 6.79. The van der Waals surface area contributed by atoms with Gasteiger partial charge in [0.25, 0.3) is 0 Å². The average molecular weight is 256 g/mol. The molecule has 0 amide bonds. The molecule has 98 valence electrons. The molecule has 0 aromatic carbocycles. The van der Waals surface area contributed by atoms with Crippen LogP contribution in [-0.4, -0.2) is 27.3 Å². The highest BCUT2D eigenvalue weighted by molar-refractivity contribution is 7.99. The fourth-order valence-corrected chi connectivity index (χ4v) is 2.36. The maximum atomic E-state index is 6.06. The number of hydrogen-bond donors (Lipinski definition) is 2. The number of nitrogens with two attached hydrogens (primary N) is 1. The molecule has 0 radical (unpaired) electrons. The van der Waals surface area contributed by atoms with E-state index in [9.17, 15) is 0 Å². The van der Waals surface area contributed by atoms with Crippen LogP contribution < -0.4 is 11.1 Å². The van der Waals surface area contributed by atoms with Crippen LogP contribution in [0.15, 0.2) is 0 Å². The summed E-state index contributed by atoms with van der Waals surface area (Å²) in [6.45, 7) is 9.37. The highest BCUT2D eigenvalue weighted by atomic mass is 32.2. The van der Waals surface area contributed by atoms with Gasteiger partial charge in [0.1, 0.15) is 5.82 Å². The standard InChI is InChI=1S/C12H24N4S/c1-5-7-16-12(11(13)10(4)15-16)14-9(3)8-17-6-2/h9,14H,5-8,13H2,1-4H3. The van der Waals surface area contributed by atoms with Crippen LogP contribution in [0.25, 0.3) is 0 Å². The van der Waals surface area contributed by atoms with E-state index >= 15 is 0 Å². The van der Waals surface area contributed by atoms with E-state index in [0.29, 0.717) is 6.04 Å². The van der Waals surface area contributed by atoms with Gasteiger partial charge >= 0.3 is 0 Å². The molecule has 3 N–H and O–H groups in total. The van der Waals surface area contributed by atoms with Gasteiger partial charge in [-0.3, -0.25) is 0 Å². The zero-order valence-electron chi connectivity index (χ0n) is 11.3. The number of anilines is 2. The van der Waals surface area contributed by atoms with Gasteiger partial charge in [-0.25, -0.2) is 4.68 Å². The number of thioether (sulfide) groups is 1. The van der Waals surface area contributed by atoms with E-state index in [4.69, 9.17) is 5.73 Å². The van der Waals surface area contributed by atoms with Crippen LogP contribution in [0.4, 0.5) is 11.5 Å². The molecule has 1 unspecified atom stereocenters. The number of nitrogens with one attached hydrogen (secondary N) is 1. The lowest BCUT2D eigenvalue weighted by molar-refractivity contribution is 0.600. The Morgan fingerprint density at radius 3 is 2.76 bits per heavy atom. The summed E-state index contributed by atoms with van der Waals surface area (Å²) < 4.78 is 1.98. The predicted octanol–water partition coefficient (Wildman–Crippen LogP) is 2.74. The van der Waals surface area contributed by atoms with Gasteiger partial charge in [0, 0.05) is 18.3 Å². The molecule has 1 aromatic rings. The summed E-state index contributed by atoms with van der Waals surface area (Å²) in [6, 6.07) is 0.411.